The molecule has 3 heteroatoms. The van der Waals surface area contributed by atoms with Crippen LogP contribution in [-0.4, -0.2) is 10.3 Å². The van der Waals surface area contributed by atoms with E-state index in [2.05, 4.69) is 34.5 Å². The van der Waals surface area contributed by atoms with Gasteiger partial charge in [0.1, 0.15) is 0 Å². The molecule has 0 saturated carbocycles. The first-order chi connectivity index (χ1) is 7.42. The van der Waals surface area contributed by atoms with Crippen LogP contribution < -0.4 is 5.10 Å². The molecular formula is C12H16N3+. The van der Waals surface area contributed by atoms with Crippen LogP contribution in [0.4, 0.5) is 0 Å². The molecule has 1 aromatic carbocycles. The highest BCUT2D eigenvalue weighted by Crippen LogP contribution is 2.17. The lowest BCUT2D eigenvalue weighted by molar-refractivity contribution is -0.443. The van der Waals surface area contributed by atoms with Gasteiger partial charge in [0.2, 0.25) is 11.4 Å². The van der Waals surface area contributed by atoms with Crippen molar-refractivity contribution in [2.45, 2.75) is 26.2 Å². The van der Waals surface area contributed by atoms with E-state index < -0.39 is 0 Å². The lowest BCUT2D eigenvalue weighted by Gasteiger charge is -1.94. The quantitative estimate of drug-likeness (QED) is 0.811. The van der Waals surface area contributed by atoms with Crippen molar-refractivity contribution in [2.75, 3.05) is 0 Å². The van der Waals surface area contributed by atoms with E-state index in [-0.39, 0.29) is 0 Å². The Labute approximate surface area is 89.5 Å². The summed E-state index contributed by atoms with van der Waals surface area (Å²) < 4.78 is 0. The second-order valence-electron chi connectivity index (χ2n) is 3.64. The predicted molar refractivity (Wildman–Crippen MR) is 59.2 cm³/mol. The van der Waals surface area contributed by atoms with Gasteiger partial charge < -0.3 is 0 Å². The van der Waals surface area contributed by atoms with E-state index in [1.54, 1.807) is 0 Å². The fourth-order valence-electron chi connectivity index (χ4n) is 1.65. The molecule has 2 aromatic rings. The van der Waals surface area contributed by atoms with Crippen LogP contribution in [0, 0.1) is 0 Å². The van der Waals surface area contributed by atoms with Gasteiger partial charge in [-0.05, 0) is 6.42 Å². The van der Waals surface area contributed by atoms with E-state index >= 15 is 0 Å². The number of unbranched alkanes of at least 4 members (excludes halogenated alkanes) is 1. The number of benzene rings is 1. The molecule has 0 spiro atoms. The van der Waals surface area contributed by atoms with Gasteiger partial charge in [0.15, 0.2) is 0 Å². The Bertz CT molecular complexity index is 406. The lowest BCUT2D eigenvalue weighted by atomic mass is 10.1. The maximum atomic E-state index is 4.25. The topological polar surface area (TPSA) is 42.8 Å². The van der Waals surface area contributed by atoms with E-state index in [0.29, 0.717) is 0 Å². The van der Waals surface area contributed by atoms with E-state index in [1.165, 1.54) is 18.4 Å². The van der Waals surface area contributed by atoms with Gasteiger partial charge in [-0.15, -0.1) is 0 Å². The molecule has 1 heterocycles. The average Bonchev–Trinajstić information content (AvgIpc) is 2.75. The Morgan fingerprint density at radius 3 is 2.80 bits per heavy atom. The van der Waals surface area contributed by atoms with Gasteiger partial charge >= 0.3 is 0 Å². The summed E-state index contributed by atoms with van der Waals surface area (Å²) >= 11 is 0. The van der Waals surface area contributed by atoms with E-state index in [1.807, 2.05) is 18.2 Å². The molecule has 0 aliphatic carbocycles. The zero-order chi connectivity index (χ0) is 10.5. The number of hydrogen-bond acceptors (Lipinski definition) is 1. The third kappa shape index (κ3) is 2.24. The summed E-state index contributed by atoms with van der Waals surface area (Å²) in [6.07, 6.45) is 3.40. The molecule has 0 atom stereocenters. The van der Waals surface area contributed by atoms with E-state index in [0.717, 1.165) is 17.8 Å². The molecule has 15 heavy (non-hydrogen) atoms. The molecule has 2 N–H and O–H groups in total. The van der Waals surface area contributed by atoms with Gasteiger partial charge in [0.25, 0.3) is 0 Å². The Morgan fingerprint density at radius 1 is 1.27 bits per heavy atom. The highest BCUT2D eigenvalue weighted by Gasteiger charge is 2.15. The largest absolute Gasteiger partial charge is 0.226 e. The number of aryl methyl sites for hydroxylation is 1. The molecule has 0 amide bonds. The Morgan fingerprint density at radius 2 is 2.07 bits per heavy atom. The highest BCUT2D eigenvalue weighted by atomic mass is 15.3. The Kier molecular flexibility index (Phi) is 3.12. The van der Waals surface area contributed by atoms with Crippen LogP contribution in [0.15, 0.2) is 30.3 Å². The zero-order valence-corrected chi connectivity index (χ0v) is 8.96. The predicted octanol–water partition coefficient (Wildman–Crippen LogP) is 2.23. The molecule has 2 rings (SSSR count). The average molecular weight is 202 g/mol. The second-order valence-corrected chi connectivity index (χ2v) is 3.64. The van der Waals surface area contributed by atoms with Crippen molar-refractivity contribution < 1.29 is 5.10 Å². The van der Waals surface area contributed by atoms with Crippen LogP contribution in [0.3, 0.4) is 0 Å². The molecular weight excluding hydrogens is 186 g/mol. The van der Waals surface area contributed by atoms with Crippen LogP contribution in [0.1, 0.15) is 25.5 Å². The third-order valence-electron chi connectivity index (χ3n) is 2.49. The summed E-state index contributed by atoms with van der Waals surface area (Å²) in [5, 5.41) is 10.2. The first kappa shape index (κ1) is 9.90. The van der Waals surface area contributed by atoms with Crippen molar-refractivity contribution in [1.29, 1.82) is 0 Å². The molecule has 1 aromatic heterocycles. The molecule has 0 aliphatic heterocycles. The van der Waals surface area contributed by atoms with Gasteiger partial charge in [-0.2, -0.15) is 5.10 Å². The van der Waals surface area contributed by atoms with Crippen LogP contribution in [-0.2, 0) is 6.42 Å². The molecule has 0 unspecified atom stereocenters. The summed E-state index contributed by atoms with van der Waals surface area (Å²) in [6.45, 7) is 2.19. The summed E-state index contributed by atoms with van der Waals surface area (Å²) in [5.41, 5.74) is 3.43. The van der Waals surface area contributed by atoms with Crippen LogP contribution in [0.25, 0.3) is 11.3 Å². The maximum Gasteiger partial charge on any atom is 0.226 e. The van der Waals surface area contributed by atoms with Crippen molar-refractivity contribution >= 4 is 0 Å². The van der Waals surface area contributed by atoms with E-state index in [4.69, 9.17) is 0 Å². The first-order valence-electron chi connectivity index (χ1n) is 5.42. The first-order valence-corrected chi connectivity index (χ1v) is 5.42. The number of nitrogens with zero attached hydrogens (tertiary/aromatic N) is 1. The molecule has 0 radical (unpaired) electrons. The van der Waals surface area contributed by atoms with Crippen molar-refractivity contribution in [3.05, 3.63) is 36.0 Å². The monoisotopic (exact) mass is 202 g/mol. The van der Waals surface area contributed by atoms with Crippen LogP contribution in [0.2, 0.25) is 0 Å². The summed E-state index contributed by atoms with van der Waals surface area (Å²) in [7, 11) is 0. The van der Waals surface area contributed by atoms with Gasteiger partial charge in [-0.3, -0.25) is 0 Å². The Balaban J connectivity index is 2.25. The SMILES string of the molecule is CCCCc1n[nH][nH+]c1-c1ccccc1. The minimum absolute atomic E-state index is 1.03. The molecule has 0 bridgehead atoms. The number of H-pyrrole nitrogens is 2. The molecule has 0 aliphatic rings. The van der Waals surface area contributed by atoms with Crippen LogP contribution in [0.5, 0.6) is 0 Å². The Hall–Kier alpha value is -1.64. The minimum Gasteiger partial charge on any atom is -0.168 e. The normalized spacial score (nSPS) is 10.5. The van der Waals surface area contributed by atoms with Crippen molar-refractivity contribution in [3.8, 4) is 11.3 Å². The number of hydrogen-bond donors (Lipinski definition) is 1. The lowest BCUT2D eigenvalue weighted by Crippen LogP contribution is -2.05. The third-order valence-corrected chi connectivity index (χ3v) is 2.49. The minimum atomic E-state index is 1.03. The van der Waals surface area contributed by atoms with Crippen molar-refractivity contribution in [1.82, 2.24) is 10.3 Å². The molecule has 78 valence electrons. The van der Waals surface area contributed by atoms with Gasteiger partial charge in [-0.25, -0.2) is 0 Å². The molecule has 0 fully saturated rings. The van der Waals surface area contributed by atoms with Gasteiger partial charge in [0.05, 0.1) is 0 Å². The fraction of sp³-hybridized carbons (Fsp3) is 0.333. The van der Waals surface area contributed by atoms with Crippen LogP contribution >= 0.6 is 0 Å². The second kappa shape index (κ2) is 4.73. The maximum absolute atomic E-state index is 4.25. The fourth-order valence-corrected chi connectivity index (χ4v) is 1.65. The van der Waals surface area contributed by atoms with Gasteiger partial charge in [0, 0.05) is 17.1 Å². The zero-order valence-electron chi connectivity index (χ0n) is 8.96. The molecule has 3 nitrogen and oxygen atoms in total. The van der Waals surface area contributed by atoms with E-state index in [9.17, 15) is 0 Å². The number of nitrogens with one attached hydrogen (secondary N) is 2. The summed E-state index contributed by atoms with van der Waals surface area (Å²) in [5.74, 6) is 0. The summed E-state index contributed by atoms with van der Waals surface area (Å²) in [6, 6.07) is 10.3. The summed E-state index contributed by atoms with van der Waals surface area (Å²) in [4.78, 5) is 0. The highest BCUT2D eigenvalue weighted by molar-refractivity contribution is 5.57. The van der Waals surface area contributed by atoms with Crippen molar-refractivity contribution in [3.63, 3.8) is 0 Å². The molecule has 0 saturated heterocycles. The number of aromatic nitrogens is 3. The van der Waals surface area contributed by atoms with Crippen molar-refractivity contribution in [2.24, 2.45) is 0 Å². The smallest absolute Gasteiger partial charge is 0.168 e. The standard InChI is InChI=1S/C12H15N3/c1-2-3-9-11-12(14-15-13-11)10-7-5-4-6-8-10/h4-8H,2-3,9H2,1H3,(H,13,14,15)/p+1. The number of rotatable bonds is 4. The van der Waals surface area contributed by atoms with Gasteiger partial charge in [-0.1, -0.05) is 48.9 Å². The number of aromatic amines is 2.